The molecule has 0 radical (unpaired) electrons. The van der Waals surface area contributed by atoms with E-state index >= 15 is 0 Å². The van der Waals surface area contributed by atoms with E-state index in [4.69, 9.17) is 41.4 Å². The summed E-state index contributed by atoms with van der Waals surface area (Å²) in [6, 6.07) is 22.4. The summed E-state index contributed by atoms with van der Waals surface area (Å²) in [5.41, 5.74) is 0.565. The van der Waals surface area contributed by atoms with Gasteiger partial charge in [0.15, 0.2) is 33.3 Å². The highest BCUT2D eigenvalue weighted by Crippen LogP contribution is 2.30. The van der Waals surface area contributed by atoms with E-state index in [9.17, 15) is 24.0 Å². The van der Waals surface area contributed by atoms with Gasteiger partial charge in [-0.3, -0.25) is 0 Å². The van der Waals surface area contributed by atoms with Gasteiger partial charge in [-0.2, -0.15) is 0 Å². The Balaban J connectivity index is 1.32. The average molecular weight is 1290 g/mol. The molecule has 0 atom stereocenters. The summed E-state index contributed by atoms with van der Waals surface area (Å²) >= 11 is 0. The Labute approximate surface area is 534 Å². The minimum atomic E-state index is -1.75. The summed E-state index contributed by atoms with van der Waals surface area (Å²) in [5.74, 6) is -1.26. The predicted octanol–water partition coefficient (Wildman–Crippen LogP) is 19.1. The number of carbonyl (C=O) groups excluding carboxylic acids is 5. The van der Waals surface area contributed by atoms with E-state index in [-0.39, 0.29) is 41.2 Å². The molecule has 14 nitrogen and oxygen atoms in total. The van der Waals surface area contributed by atoms with Crippen molar-refractivity contribution in [3.8, 4) is 23.0 Å². The van der Waals surface area contributed by atoms with Crippen LogP contribution in [0.4, 0.5) is 0 Å². The molecule has 0 aliphatic carbocycles. The molecule has 0 bridgehead atoms. The first-order chi connectivity index (χ1) is 42.1. The largest absolute Gasteiger partial charge is 0.494 e. The van der Waals surface area contributed by atoms with Gasteiger partial charge in [0.05, 0.1) is 44.2 Å². The first-order valence-corrected chi connectivity index (χ1v) is 45.7. The molecule has 3 aromatic carbocycles. The minimum absolute atomic E-state index is 0.0108. The van der Waals surface area contributed by atoms with Crippen LogP contribution in [0.25, 0.3) is 0 Å². The zero-order valence-electron chi connectivity index (χ0n) is 55.7. The van der Waals surface area contributed by atoms with Crippen LogP contribution in [0.15, 0.2) is 92.0 Å². The molecule has 0 heterocycles. The van der Waals surface area contributed by atoms with Gasteiger partial charge in [0.25, 0.3) is 0 Å². The second kappa shape index (κ2) is 43.6. The summed E-state index contributed by atoms with van der Waals surface area (Å²) < 4.78 is 52.8. The molecule has 0 N–H and O–H groups in total. The van der Waals surface area contributed by atoms with Crippen molar-refractivity contribution in [2.45, 2.75) is 244 Å². The molecule has 0 aliphatic heterocycles. The van der Waals surface area contributed by atoms with Crippen molar-refractivity contribution < 1.29 is 65.4 Å². The second-order valence-electron chi connectivity index (χ2n) is 25.8. The maximum Gasteiger partial charge on any atom is 0.343 e. The summed E-state index contributed by atoms with van der Waals surface area (Å²) in [5, 5.41) is 0. The van der Waals surface area contributed by atoms with Crippen LogP contribution in [0, 0.1) is 0 Å². The Bertz CT molecular complexity index is 2490. The summed E-state index contributed by atoms with van der Waals surface area (Å²) in [6.45, 7) is 29.9. The third kappa shape index (κ3) is 35.9. The molecular formula is C70H112O14Si4. The molecule has 0 fully saturated rings. The maximum atomic E-state index is 13.4. The normalized spacial score (nSPS) is 11.8. The van der Waals surface area contributed by atoms with Gasteiger partial charge in [0.1, 0.15) is 28.6 Å². The van der Waals surface area contributed by atoms with Crippen LogP contribution >= 0.6 is 0 Å². The summed E-state index contributed by atoms with van der Waals surface area (Å²) in [6.07, 6.45) is 30.1. The minimum Gasteiger partial charge on any atom is -0.494 e. The standard InChI is InChI=1S/C70H112O14Si4/c1-12-15-30-53-80-70(75)64-58-63(81-68(73)59-39-43-61(44-40-59)76-49-31-26-22-18-16-20-24-28-35-54-85(4,5)83-87(8,9)56-37-33-51-78-66(71)13-2)47-48-65(64)82-69(74)60-41-45-62(46-42-60)77-50-32-27-23-19-17-21-25-29-36-55-86(6,7)84-88(10,11)57-38-34-52-79-67(72)14-3/h13-14,39-48,58H,2-3,12,15-38,49-57H2,1,4-11H3. The van der Waals surface area contributed by atoms with Crippen LogP contribution in [0.2, 0.25) is 76.6 Å². The van der Waals surface area contributed by atoms with Crippen molar-refractivity contribution in [2.24, 2.45) is 0 Å². The summed E-state index contributed by atoms with van der Waals surface area (Å²) in [4.78, 5) is 62.6. The Morgan fingerprint density at radius 3 is 1.07 bits per heavy atom. The molecule has 0 aliphatic rings. The Hall–Kier alpha value is -5.12. The lowest BCUT2D eigenvalue weighted by atomic mass is 10.1. The topological polar surface area (TPSA) is 168 Å². The van der Waals surface area contributed by atoms with Crippen LogP contribution in [-0.2, 0) is 32.0 Å². The Morgan fingerprint density at radius 1 is 0.364 bits per heavy atom. The highest BCUT2D eigenvalue weighted by atomic mass is 28.4. The number of hydrogen-bond donors (Lipinski definition) is 0. The number of esters is 5. The molecule has 0 unspecified atom stereocenters. The fourth-order valence-electron chi connectivity index (χ4n) is 10.7. The highest BCUT2D eigenvalue weighted by molar-refractivity contribution is 6.85. The number of rotatable bonds is 51. The quantitative estimate of drug-likeness (QED) is 0.0131. The average Bonchev–Trinajstić information content (AvgIpc) is 3.50. The first-order valence-electron chi connectivity index (χ1n) is 33.3. The fraction of sp³-hybridized carbons (Fsp3) is 0.614. The van der Waals surface area contributed by atoms with Crippen molar-refractivity contribution in [2.75, 3.05) is 33.0 Å². The van der Waals surface area contributed by atoms with Gasteiger partial charge in [0.2, 0.25) is 0 Å². The smallest absolute Gasteiger partial charge is 0.343 e. The lowest BCUT2D eigenvalue weighted by Crippen LogP contribution is -2.44. The van der Waals surface area contributed by atoms with E-state index < -0.39 is 51.2 Å². The van der Waals surface area contributed by atoms with Crippen molar-refractivity contribution in [3.05, 3.63) is 109 Å². The molecule has 0 saturated heterocycles. The van der Waals surface area contributed by atoms with E-state index in [0.717, 1.165) is 76.3 Å². The monoisotopic (exact) mass is 1290 g/mol. The fourth-order valence-corrected chi connectivity index (χ4v) is 28.8. The third-order valence-corrected chi connectivity index (χ3v) is 30.5. The first kappa shape index (κ1) is 77.1. The Kier molecular flexibility index (Phi) is 38.2. The molecule has 492 valence electrons. The molecule has 0 spiro atoms. The van der Waals surface area contributed by atoms with Crippen molar-refractivity contribution >= 4 is 63.1 Å². The highest BCUT2D eigenvalue weighted by Gasteiger charge is 2.33. The van der Waals surface area contributed by atoms with Gasteiger partial charge in [0, 0.05) is 12.2 Å². The van der Waals surface area contributed by atoms with Crippen LogP contribution in [0.5, 0.6) is 23.0 Å². The Morgan fingerprint density at radius 2 is 0.682 bits per heavy atom. The second-order valence-corrected chi connectivity index (χ2v) is 43.5. The molecular weight excluding hydrogens is 1180 g/mol. The SMILES string of the molecule is C=CC(=O)OCCCC[Si](C)(C)O[Si](C)(C)CCCCCCCCCCCOc1ccc(C(=O)Oc2ccc(OC(=O)c3ccc(OCCCCCCCCCCC[Si](C)(C)O[Si](C)(C)CCCCOC(=O)C=C)cc3)c(C(=O)OCCCCC)c2)cc1. The lowest BCUT2D eigenvalue weighted by molar-refractivity contribution is -0.138. The zero-order valence-corrected chi connectivity index (χ0v) is 59.7. The maximum absolute atomic E-state index is 13.4. The predicted molar refractivity (Wildman–Crippen MR) is 365 cm³/mol. The third-order valence-electron chi connectivity index (χ3n) is 15.4. The van der Waals surface area contributed by atoms with Gasteiger partial charge >= 0.3 is 29.8 Å². The number of ether oxygens (including phenoxy) is 7. The molecule has 88 heavy (non-hydrogen) atoms. The van der Waals surface area contributed by atoms with Gasteiger partial charge in [-0.15, -0.1) is 0 Å². The van der Waals surface area contributed by atoms with Crippen LogP contribution in [0.1, 0.15) is 199 Å². The van der Waals surface area contributed by atoms with Gasteiger partial charge in [-0.25, -0.2) is 24.0 Å². The van der Waals surface area contributed by atoms with Gasteiger partial charge in [-0.1, -0.05) is 148 Å². The molecule has 0 amide bonds. The van der Waals surface area contributed by atoms with E-state index in [1.807, 2.05) is 0 Å². The van der Waals surface area contributed by atoms with E-state index in [0.29, 0.717) is 49.9 Å². The number of hydrogen-bond acceptors (Lipinski definition) is 14. The van der Waals surface area contributed by atoms with E-state index in [1.165, 1.54) is 132 Å². The van der Waals surface area contributed by atoms with Crippen LogP contribution in [-0.4, -0.2) is 96.2 Å². The van der Waals surface area contributed by atoms with Crippen LogP contribution < -0.4 is 18.9 Å². The molecule has 3 rings (SSSR count). The molecule has 3 aromatic rings. The number of carbonyl (C=O) groups is 5. The van der Waals surface area contributed by atoms with E-state index in [2.05, 4.69) is 72.5 Å². The van der Waals surface area contributed by atoms with Gasteiger partial charge < -0.3 is 41.4 Å². The number of unbranched alkanes of at least 4 members (excludes halogenated alkanes) is 20. The molecule has 0 aromatic heterocycles. The number of benzene rings is 3. The molecule has 18 heteroatoms. The van der Waals surface area contributed by atoms with Crippen molar-refractivity contribution in [1.29, 1.82) is 0 Å². The van der Waals surface area contributed by atoms with Crippen LogP contribution in [0.3, 0.4) is 0 Å². The lowest BCUT2D eigenvalue weighted by Gasteiger charge is -2.34. The summed E-state index contributed by atoms with van der Waals surface area (Å²) in [7, 11) is -6.92. The van der Waals surface area contributed by atoms with Crippen molar-refractivity contribution in [3.63, 3.8) is 0 Å². The van der Waals surface area contributed by atoms with Gasteiger partial charge in [-0.05, 0) is 175 Å². The zero-order chi connectivity index (χ0) is 64.5. The molecule has 0 saturated carbocycles. The van der Waals surface area contributed by atoms with E-state index in [1.54, 1.807) is 48.5 Å². The van der Waals surface area contributed by atoms with Crippen molar-refractivity contribution in [1.82, 2.24) is 0 Å².